The van der Waals surface area contributed by atoms with Gasteiger partial charge >= 0.3 is 17.8 Å². The van der Waals surface area contributed by atoms with Gasteiger partial charge in [0.2, 0.25) is 0 Å². The Morgan fingerprint density at radius 2 is 1.63 bits per heavy atom. The zero-order valence-electron chi connectivity index (χ0n) is 10.9. The number of para-hydroxylation sites is 1. The molecule has 0 bridgehead atoms. The van der Waals surface area contributed by atoms with Gasteiger partial charge in [-0.2, -0.15) is 0 Å². The van der Waals surface area contributed by atoms with Crippen molar-refractivity contribution in [2.75, 3.05) is 32.1 Å². The average Bonchev–Trinajstić information content (AvgIpc) is 2.59. The van der Waals surface area contributed by atoms with Gasteiger partial charge in [-0.15, -0.1) is 0 Å². The predicted molar refractivity (Wildman–Crippen MR) is 69.6 cm³/mol. The van der Waals surface area contributed by atoms with Gasteiger partial charge in [0.15, 0.2) is 0 Å². The summed E-state index contributed by atoms with van der Waals surface area (Å²) in [5.74, 6) is -1.56. The fraction of sp³-hybridized carbons (Fsp3) is 0.308. The van der Waals surface area contributed by atoms with Gasteiger partial charge in [-0.25, -0.2) is 9.69 Å². The number of nitrogens with zero attached hydrogens (tertiary/aromatic N) is 3. The molecule has 19 heavy (non-hydrogen) atoms. The first kappa shape index (κ1) is 13.2. The summed E-state index contributed by atoms with van der Waals surface area (Å²) in [6.45, 7) is 0.729. The topological polar surface area (TPSA) is 60.9 Å². The van der Waals surface area contributed by atoms with Crippen LogP contribution in [0.25, 0.3) is 0 Å². The average molecular weight is 261 g/mol. The normalized spacial score (nSPS) is 15.8. The van der Waals surface area contributed by atoms with Crippen molar-refractivity contribution < 1.29 is 14.4 Å². The highest BCUT2D eigenvalue weighted by molar-refractivity contribution is 6.52. The van der Waals surface area contributed by atoms with E-state index in [9.17, 15) is 14.4 Å². The first-order valence-electron chi connectivity index (χ1n) is 5.92. The van der Waals surface area contributed by atoms with Crippen molar-refractivity contribution in [1.29, 1.82) is 0 Å². The summed E-state index contributed by atoms with van der Waals surface area (Å²) in [5, 5.41) is 0. The van der Waals surface area contributed by atoms with Gasteiger partial charge in [-0.3, -0.25) is 14.5 Å². The summed E-state index contributed by atoms with van der Waals surface area (Å²) in [5.41, 5.74) is 0.415. The lowest BCUT2D eigenvalue weighted by Crippen LogP contribution is -2.37. The number of carbonyl (C=O) groups is 3. The van der Waals surface area contributed by atoms with Crippen LogP contribution >= 0.6 is 0 Å². The molecule has 0 aliphatic carbocycles. The molecule has 4 amide bonds. The minimum Gasteiger partial charge on any atom is -0.308 e. The zero-order valence-corrected chi connectivity index (χ0v) is 10.9. The highest BCUT2D eigenvalue weighted by atomic mass is 16.2. The van der Waals surface area contributed by atoms with E-state index in [1.165, 1.54) is 0 Å². The number of urea groups is 1. The molecule has 1 aliphatic heterocycles. The molecule has 1 aliphatic rings. The van der Waals surface area contributed by atoms with Gasteiger partial charge < -0.3 is 4.90 Å². The van der Waals surface area contributed by atoms with Crippen molar-refractivity contribution in [1.82, 2.24) is 9.80 Å². The van der Waals surface area contributed by atoms with Crippen LogP contribution in [0.4, 0.5) is 10.5 Å². The predicted octanol–water partition coefficient (Wildman–Crippen LogP) is 0.543. The van der Waals surface area contributed by atoms with Crippen molar-refractivity contribution >= 4 is 23.5 Å². The Morgan fingerprint density at radius 1 is 1.00 bits per heavy atom. The molecule has 1 heterocycles. The number of rotatable bonds is 4. The van der Waals surface area contributed by atoms with E-state index in [0.29, 0.717) is 12.2 Å². The fourth-order valence-corrected chi connectivity index (χ4v) is 1.81. The molecule has 1 aromatic rings. The lowest BCUT2D eigenvalue weighted by Gasteiger charge is -2.17. The number of imide groups is 2. The monoisotopic (exact) mass is 261 g/mol. The lowest BCUT2D eigenvalue weighted by molar-refractivity contribution is -0.139. The SMILES string of the molecule is CN(C)CCN1C(=O)C(=O)N(c2ccccc2)C1=O. The standard InChI is InChI=1S/C13H15N3O3/c1-14(2)8-9-15-11(17)12(18)16(13(15)19)10-6-4-3-5-7-10/h3-7H,8-9H2,1-2H3. The van der Waals surface area contributed by atoms with Crippen molar-refractivity contribution in [2.45, 2.75) is 0 Å². The highest BCUT2D eigenvalue weighted by Crippen LogP contribution is 2.21. The van der Waals surface area contributed by atoms with Gasteiger partial charge in [0.1, 0.15) is 0 Å². The minimum atomic E-state index is -0.796. The van der Waals surface area contributed by atoms with E-state index in [0.717, 1.165) is 9.80 Å². The second kappa shape index (κ2) is 5.19. The molecule has 100 valence electrons. The summed E-state index contributed by atoms with van der Waals surface area (Å²) in [6, 6.07) is 7.87. The van der Waals surface area contributed by atoms with Crippen LogP contribution in [0.1, 0.15) is 0 Å². The Kier molecular flexibility index (Phi) is 3.62. The van der Waals surface area contributed by atoms with Crippen molar-refractivity contribution in [2.24, 2.45) is 0 Å². The molecule has 0 atom stereocenters. The van der Waals surface area contributed by atoms with E-state index in [2.05, 4.69) is 0 Å². The van der Waals surface area contributed by atoms with Gasteiger partial charge in [0.05, 0.1) is 5.69 Å². The maximum atomic E-state index is 12.1. The largest absolute Gasteiger partial charge is 0.338 e. The maximum Gasteiger partial charge on any atom is 0.338 e. The third-order valence-corrected chi connectivity index (χ3v) is 2.84. The molecule has 0 unspecified atom stereocenters. The van der Waals surface area contributed by atoms with E-state index in [4.69, 9.17) is 0 Å². The van der Waals surface area contributed by atoms with Gasteiger partial charge in [0, 0.05) is 13.1 Å². The molecular formula is C13H15N3O3. The Labute approximate surface area is 111 Å². The number of hydrogen-bond donors (Lipinski definition) is 0. The third kappa shape index (κ3) is 2.48. The number of likely N-dealkylation sites (N-methyl/N-ethyl adjacent to an activating group) is 1. The van der Waals surface area contributed by atoms with Crippen molar-refractivity contribution in [3.05, 3.63) is 30.3 Å². The van der Waals surface area contributed by atoms with Crippen LogP contribution in [0.15, 0.2) is 30.3 Å². The quantitative estimate of drug-likeness (QED) is 0.586. The van der Waals surface area contributed by atoms with E-state index in [1.807, 2.05) is 19.0 Å². The molecule has 0 saturated carbocycles. The Hall–Kier alpha value is -2.21. The Bertz CT molecular complexity index is 513. The second-order valence-corrected chi connectivity index (χ2v) is 4.52. The van der Waals surface area contributed by atoms with Crippen LogP contribution in [-0.4, -0.2) is 54.8 Å². The van der Waals surface area contributed by atoms with Crippen LogP contribution < -0.4 is 4.90 Å². The number of carbonyl (C=O) groups excluding carboxylic acids is 3. The fourth-order valence-electron chi connectivity index (χ4n) is 1.81. The van der Waals surface area contributed by atoms with E-state index >= 15 is 0 Å². The summed E-state index contributed by atoms with van der Waals surface area (Å²) >= 11 is 0. The van der Waals surface area contributed by atoms with Gasteiger partial charge in [-0.1, -0.05) is 18.2 Å². The second-order valence-electron chi connectivity index (χ2n) is 4.52. The smallest absolute Gasteiger partial charge is 0.308 e. The van der Waals surface area contributed by atoms with Crippen LogP contribution in [0.3, 0.4) is 0 Å². The Balaban J connectivity index is 2.22. The summed E-state index contributed by atoms with van der Waals surface area (Å²) in [6.07, 6.45) is 0. The molecule has 0 aromatic heterocycles. The van der Waals surface area contributed by atoms with E-state index < -0.39 is 17.8 Å². The summed E-state index contributed by atoms with van der Waals surface area (Å²) in [4.78, 5) is 39.5. The first-order valence-corrected chi connectivity index (χ1v) is 5.92. The molecule has 1 saturated heterocycles. The summed E-state index contributed by atoms with van der Waals surface area (Å²) in [7, 11) is 3.67. The number of hydrogen-bond acceptors (Lipinski definition) is 4. The molecule has 0 N–H and O–H groups in total. The van der Waals surface area contributed by atoms with E-state index in [1.54, 1.807) is 30.3 Å². The van der Waals surface area contributed by atoms with Crippen molar-refractivity contribution in [3.63, 3.8) is 0 Å². The molecule has 1 fully saturated rings. The maximum absolute atomic E-state index is 12.1. The molecule has 2 rings (SSSR count). The number of anilines is 1. The number of amides is 4. The molecule has 6 heteroatoms. The lowest BCUT2D eigenvalue weighted by atomic mass is 10.3. The first-order chi connectivity index (χ1) is 9.02. The molecule has 1 aromatic carbocycles. The van der Waals surface area contributed by atoms with Gasteiger partial charge in [-0.05, 0) is 26.2 Å². The van der Waals surface area contributed by atoms with Crippen LogP contribution in [0.5, 0.6) is 0 Å². The van der Waals surface area contributed by atoms with E-state index in [-0.39, 0.29) is 6.54 Å². The number of benzene rings is 1. The summed E-state index contributed by atoms with van der Waals surface area (Å²) < 4.78 is 0. The molecule has 0 spiro atoms. The van der Waals surface area contributed by atoms with Gasteiger partial charge in [0.25, 0.3) is 0 Å². The van der Waals surface area contributed by atoms with Crippen molar-refractivity contribution in [3.8, 4) is 0 Å². The minimum absolute atomic E-state index is 0.208. The van der Waals surface area contributed by atoms with Crippen LogP contribution in [0, 0.1) is 0 Å². The Morgan fingerprint density at radius 3 is 2.21 bits per heavy atom. The molecule has 0 radical (unpaired) electrons. The van der Waals surface area contributed by atoms with Crippen LogP contribution in [0.2, 0.25) is 0 Å². The third-order valence-electron chi connectivity index (χ3n) is 2.84. The highest BCUT2D eigenvalue weighted by Gasteiger charge is 2.44. The molecule has 6 nitrogen and oxygen atoms in total. The molecular weight excluding hydrogens is 246 g/mol. The zero-order chi connectivity index (χ0) is 14.0. The van der Waals surface area contributed by atoms with Crippen LogP contribution in [-0.2, 0) is 9.59 Å².